The van der Waals surface area contributed by atoms with E-state index in [0.717, 1.165) is 18.4 Å². The number of fused-ring (bicyclic) bond motifs is 1. The van der Waals surface area contributed by atoms with Crippen molar-refractivity contribution < 1.29 is 22.7 Å². The van der Waals surface area contributed by atoms with E-state index in [4.69, 9.17) is 4.74 Å². The van der Waals surface area contributed by atoms with Gasteiger partial charge in [0.15, 0.2) is 0 Å². The number of piperidine rings is 1. The molecule has 2 unspecified atom stereocenters. The molecule has 3 aromatic carbocycles. The summed E-state index contributed by atoms with van der Waals surface area (Å²) in [5, 5.41) is 4.08. The molecule has 2 atom stereocenters. The topological polar surface area (TPSA) is 105 Å². The summed E-state index contributed by atoms with van der Waals surface area (Å²) in [6.45, 7) is 10.2. The molecule has 1 aliphatic rings. The smallest absolute Gasteiger partial charge is 0.410 e. The van der Waals surface area contributed by atoms with Crippen LogP contribution in [-0.2, 0) is 14.8 Å². The Kier molecular flexibility index (Phi) is 8.32. The quantitative estimate of drug-likeness (QED) is 0.408. The summed E-state index contributed by atoms with van der Waals surface area (Å²) in [5.74, 6) is -0.313. The maximum atomic E-state index is 13.6. The number of carbonyl (C=O) groups excluding carboxylic acids is 2. The molecule has 1 heterocycles. The first-order valence-corrected chi connectivity index (χ1v) is 14.7. The summed E-state index contributed by atoms with van der Waals surface area (Å²) in [4.78, 5) is 27.3. The standard InChI is InChI=1S/C30H37N3O5S/c1-20-11-6-7-13-23(20)28(34)31-26-16-17-27(25-15-9-8-14-24(25)26)39(36,37)32-21(2)22-12-10-18-33(19-22)29(35)38-30(3,4)5/h6-9,11,13-17,21-22,32H,10,12,18-19H2,1-5H3,(H,31,34). The van der Waals surface area contributed by atoms with Gasteiger partial charge < -0.3 is 15.0 Å². The van der Waals surface area contributed by atoms with Crippen LogP contribution in [0.1, 0.15) is 56.5 Å². The van der Waals surface area contributed by atoms with Crippen LogP contribution in [0.4, 0.5) is 10.5 Å². The van der Waals surface area contributed by atoms with E-state index in [1.807, 2.05) is 58.9 Å². The van der Waals surface area contributed by atoms with Crippen molar-refractivity contribution in [3.8, 4) is 0 Å². The van der Waals surface area contributed by atoms with Crippen LogP contribution in [0.25, 0.3) is 10.8 Å². The first-order chi connectivity index (χ1) is 18.4. The van der Waals surface area contributed by atoms with E-state index in [2.05, 4.69) is 10.0 Å². The molecule has 0 aromatic heterocycles. The highest BCUT2D eigenvalue weighted by molar-refractivity contribution is 7.89. The molecule has 1 aliphatic heterocycles. The van der Waals surface area contributed by atoms with Gasteiger partial charge in [-0.15, -0.1) is 0 Å². The van der Waals surface area contributed by atoms with E-state index in [0.29, 0.717) is 35.1 Å². The second-order valence-corrected chi connectivity index (χ2v) is 12.8. The van der Waals surface area contributed by atoms with Crippen molar-refractivity contribution in [1.82, 2.24) is 9.62 Å². The molecule has 0 bridgehead atoms. The van der Waals surface area contributed by atoms with Gasteiger partial charge in [0.2, 0.25) is 10.0 Å². The number of hydrogen-bond donors (Lipinski definition) is 2. The zero-order chi connectivity index (χ0) is 28.4. The highest BCUT2D eigenvalue weighted by Crippen LogP contribution is 2.31. The van der Waals surface area contributed by atoms with Gasteiger partial charge in [0, 0.05) is 41.2 Å². The molecule has 4 rings (SSSR count). The monoisotopic (exact) mass is 551 g/mol. The molecule has 2 amide bonds. The number of rotatable bonds is 6. The summed E-state index contributed by atoms with van der Waals surface area (Å²) >= 11 is 0. The van der Waals surface area contributed by atoms with Crippen molar-refractivity contribution in [3.05, 3.63) is 71.8 Å². The maximum absolute atomic E-state index is 13.6. The molecule has 0 saturated carbocycles. The van der Waals surface area contributed by atoms with Crippen LogP contribution in [0.2, 0.25) is 0 Å². The van der Waals surface area contributed by atoms with Gasteiger partial charge >= 0.3 is 6.09 Å². The van der Waals surface area contributed by atoms with Crippen molar-refractivity contribution in [1.29, 1.82) is 0 Å². The Bertz CT molecular complexity index is 1480. The average Bonchev–Trinajstić information content (AvgIpc) is 2.87. The molecular formula is C30H37N3O5S. The second kappa shape index (κ2) is 11.4. The van der Waals surface area contributed by atoms with Gasteiger partial charge in [-0.05, 0) is 77.1 Å². The highest BCUT2D eigenvalue weighted by atomic mass is 32.2. The number of hydrogen-bond acceptors (Lipinski definition) is 5. The number of aryl methyl sites for hydroxylation is 1. The second-order valence-electron chi connectivity index (χ2n) is 11.2. The van der Waals surface area contributed by atoms with Gasteiger partial charge in [0.25, 0.3) is 5.91 Å². The lowest BCUT2D eigenvalue weighted by atomic mass is 9.92. The molecule has 1 saturated heterocycles. The zero-order valence-corrected chi connectivity index (χ0v) is 24.0. The van der Waals surface area contributed by atoms with E-state index < -0.39 is 21.7 Å². The molecule has 0 spiro atoms. The molecule has 208 valence electrons. The fraction of sp³-hybridized carbons (Fsp3) is 0.400. The van der Waals surface area contributed by atoms with Crippen LogP contribution in [0.15, 0.2) is 65.6 Å². The van der Waals surface area contributed by atoms with Crippen LogP contribution < -0.4 is 10.0 Å². The van der Waals surface area contributed by atoms with E-state index in [1.165, 1.54) is 6.07 Å². The fourth-order valence-electron chi connectivity index (χ4n) is 4.95. The number of amides is 2. The number of ether oxygens (including phenoxy) is 1. The van der Waals surface area contributed by atoms with Gasteiger partial charge in [0.1, 0.15) is 5.60 Å². The van der Waals surface area contributed by atoms with Gasteiger partial charge in [-0.25, -0.2) is 17.9 Å². The molecule has 8 nitrogen and oxygen atoms in total. The van der Waals surface area contributed by atoms with Gasteiger partial charge in [0.05, 0.1) is 4.90 Å². The Morgan fingerprint density at radius 1 is 1.00 bits per heavy atom. The lowest BCUT2D eigenvalue weighted by Gasteiger charge is -2.36. The van der Waals surface area contributed by atoms with E-state index in [9.17, 15) is 18.0 Å². The largest absolute Gasteiger partial charge is 0.444 e. The van der Waals surface area contributed by atoms with Gasteiger partial charge in [-0.1, -0.05) is 42.5 Å². The summed E-state index contributed by atoms with van der Waals surface area (Å²) in [7, 11) is -3.90. The van der Waals surface area contributed by atoms with Crippen molar-refractivity contribution in [2.45, 2.75) is 64.0 Å². The molecular weight excluding hydrogens is 514 g/mol. The van der Waals surface area contributed by atoms with Crippen LogP contribution in [0, 0.1) is 12.8 Å². The molecule has 39 heavy (non-hydrogen) atoms. The SMILES string of the molecule is Cc1ccccc1C(=O)Nc1ccc(S(=O)(=O)NC(C)C2CCCN(C(=O)OC(C)(C)C)C2)c2ccccc12. The predicted octanol–water partition coefficient (Wildman–Crippen LogP) is 5.71. The number of likely N-dealkylation sites (tertiary alicyclic amines) is 1. The fourth-order valence-corrected chi connectivity index (χ4v) is 6.47. The number of anilines is 1. The van der Waals surface area contributed by atoms with Crippen LogP contribution >= 0.6 is 0 Å². The molecule has 3 aromatic rings. The minimum absolute atomic E-state index is 0.0556. The first-order valence-electron chi connectivity index (χ1n) is 13.2. The van der Waals surface area contributed by atoms with Crippen LogP contribution in [0.5, 0.6) is 0 Å². The van der Waals surface area contributed by atoms with Crippen LogP contribution in [0.3, 0.4) is 0 Å². The molecule has 0 radical (unpaired) electrons. The highest BCUT2D eigenvalue weighted by Gasteiger charge is 2.32. The molecule has 0 aliphatic carbocycles. The zero-order valence-electron chi connectivity index (χ0n) is 23.2. The third kappa shape index (κ3) is 6.78. The Hall–Kier alpha value is -3.43. The lowest BCUT2D eigenvalue weighted by molar-refractivity contribution is 0.0153. The number of nitrogens with one attached hydrogen (secondary N) is 2. The number of carbonyl (C=O) groups is 2. The normalized spacial score (nSPS) is 17.1. The number of benzene rings is 3. The Morgan fingerprint density at radius 2 is 1.67 bits per heavy atom. The third-order valence-electron chi connectivity index (χ3n) is 6.97. The summed E-state index contributed by atoms with van der Waals surface area (Å²) in [6, 6.07) is 17.2. The van der Waals surface area contributed by atoms with E-state index in [-0.39, 0.29) is 22.8 Å². The minimum atomic E-state index is -3.90. The van der Waals surface area contributed by atoms with Gasteiger partial charge in [-0.3, -0.25) is 4.79 Å². The number of nitrogens with zero attached hydrogens (tertiary/aromatic N) is 1. The van der Waals surface area contributed by atoms with Crippen molar-refractivity contribution in [2.75, 3.05) is 18.4 Å². The summed E-state index contributed by atoms with van der Waals surface area (Å²) in [5.41, 5.74) is 1.35. The van der Waals surface area contributed by atoms with Crippen LogP contribution in [-0.4, -0.2) is 50.1 Å². The molecule has 9 heteroatoms. The lowest BCUT2D eigenvalue weighted by Crippen LogP contribution is -2.49. The summed E-state index contributed by atoms with van der Waals surface area (Å²) in [6.07, 6.45) is 1.19. The summed E-state index contributed by atoms with van der Waals surface area (Å²) < 4.78 is 35.6. The number of sulfonamides is 1. The predicted molar refractivity (Wildman–Crippen MR) is 153 cm³/mol. The minimum Gasteiger partial charge on any atom is -0.444 e. The Morgan fingerprint density at radius 3 is 2.36 bits per heavy atom. The van der Waals surface area contributed by atoms with E-state index >= 15 is 0 Å². The van der Waals surface area contributed by atoms with Crippen molar-refractivity contribution in [3.63, 3.8) is 0 Å². The Labute approximate surface area is 230 Å². The Balaban J connectivity index is 1.54. The van der Waals surface area contributed by atoms with Gasteiger partial charge in [-0.2, -0.15) is 0 Å². The van der Waals surface area contributed by atoms with Crippen molar-refractivity contribution >= 4 is 38.5 Å². The van der Waals surface area contributed by atoms with E-state index in [1.54, 1.807) is 35.2 Å². The molecule has 2 N–H and O–H groups in total. The average molecular weight is 552 g/mol. The first kappa shape index (κ1) is 28.6. The third-order valence-corrected chi connectivity index (χ3v) is 8.59. The van der Waals surface area contributed by atoms with Crippen molar-refractivity contribution in [2.24, 2.45) is 5.92 Å². The maximum Gasteiger partial charge on any atom is 0.410 e. The molecule has 1 fully saturated rings.